The zero-order chi connectivity index (χ0) is 15.4. The standard InChI is InChI=1S/C20H20O2/c1-3-21-19-11-9-15-5-6-16-10-12-20(22-4-2)14-18(16)8-7-17(15)13-19/h9-14H,3-4,7-8H2,1-2H3. The number of benzene rings is 2. The predicted molar refractivity (Wildman–Crippen MR) is 88.6 cm³/mol. The van der Waals surface area contributed by atoms with Gasteiger partial charge in [-0.2, -0.15) is 0 Å². The van der Waals surface area contributed by atoms with Gasteiger partial charge in [0, 0.05) is 11.1 Å². The van der Waals surface area contributed by atoms with E-state index in [1.807, 2.05) is 26.0 Å². The molecule has 0 spiro atoms. The van der Waals surface area contributed by atoms with E-state index < -0.39 is 0 Å². The first-order valence-corrected chi connectivity index (χ1v) is 7.83. The summed E-state index contributed by atoms with van der Waals surface area (Å²) in [7, 11) is 0. The Kier molecular flexibility index (Phi) is 4.34. The molecule has 0 heterocycles. The van der Waals surface area contributed by atoms with Gasteiger partial charge in [-0.25, -0.2) is 0 Å². The molecule has 0 fully saturated rings. The van der Waals surface area contributed by atoms with Crippen molar-refractivity contribution in [2.24, 2.45) is 0 Å². The Balaban J connectivity index is 1.95. The summed E-state index contributed by atoms with van der Waals surface area (Å²) in [5, 5.41) is 0. The van der Waals surface area contributed by atoms with Crippen LogP contribution in [0.5, 0.6) is 11.5 Å². The molecule has 0 bridgehead atoms. The SMILES string of the molecule is CCOc1ccc2c(c1)CCc1cc(OCC)ccc1C#C2. The Labute approximate surface area is 132 Å². The van der Waals surface area contributed by atoms with Gasteiger partial charge in [-0.05, 0) is 74.2 Å². The van der Waals surface area contributed by atoms with Crippen LogP contribution < -0.4 is 9.47 Å². The molecule has 2 aromatic carbocycles. The first kappa shape index (κ1) is 14.5. The predicted octanol–water partition coefficient (Wildman–Crippen LogP) is 3.98. The normalized spacial score (nSPS) is 12.1. The van der Waals surface area contributed by atoms with Crippen molar-refractivity contribution in [1.82, 2.24) is 0 Å². The van der Waals surface area contributed by atoms with E-state index in [9.17, 15) is 0 Å². The van der Waals surface area contributed by atoms with E-state index in [4.69, 9.17) is 9.47 Å². The molecule has 0 aliphatic heterocycles. The third kappa shape index (κ3) is 3.09. The van der Waals surface area contributed by atoms with E-state index in [2.05, 4.69) is 36.1 Å². The highest BCUT2D eigenvalue weighted by Crippen LogP contribution is 2.24. The molecule has 112 valence electrons. The molecular formula is C20H20O2. The fourth-order valence-electron chi connectivity index (χ4n) is 2.71. The van der Waals surface area contributed by atoms with Crippen LogP contribution >= 0.6 is 0 Å². The van der Waals surface area contributed by atoms with E-state index in [-0.39, 0.29) is 0 Å². The summed E-state index contributed by atoms with van der Waals surface area (Å²) in [6, 6.07) is 12.4. The fourth-order valence-corrected chi connectivity index (χ4v) is 2.71. The maximum absolute atomic E-state index is 5.60. The van der Waals surface area contributed by atoms with Crippen LogP contribution in [0.25, 0.3) is 0 Å². The minimum Gasteiger partial charge on any atom is -0.494 e. The van der Waals surface area contributed by atoms with Gasteiger partial charge in [0.1, 0.15) is 11.5 Å². The summed E-state index contributed by atoms with van der Waals surface area (Å²) >= 11 is 0. The van der Waals surface area contributed by atoms with Crippen LogP contribution in [0.4, 0.5) is 0 Å². The van der Waals surface area contributed by atoms with Crippen LogP contribution in [0.2, 0.25) is 0 Å². The van der Waals surface area contributed by atoms with Crippen LogP contribution in [0.3, 0.4) is 0 Å². The molecule has 0 saturated carbocycles. The Morgan fingerprint density at radius 3 is 1.64 bits per heavy atom. The molecule has 3 rings (SSSR count). The third-order valence-corrected chi connectivity index (χ3v) is 3.77. The summed E-state index contributed by atoms with van der Waals surface area (Å²) in [5.74, 6) is 8.44. The Hall–Kier alpha value is -2.40. The molecule has 22 heavy (non-hydrogen) atoms. The quantitative estimate of drug-likeness (QED) is 0.794. The first-order valence-electron chi connectivity index (χ1n) is 7.83. The van der Waals surface area contributed by atoms with Crippen molar-refractivity contribution >= 4 is 0 Å². The third-order valence-electron chi connectivity index (χ3n) is 3.77. The van der Waals surface area contributed by atoms with Gasteiger partial charge >= 0.3 is 0 Å². The van der Waals surface area contributed by atoms with Crippen molar-refractivity contribution in [1.29, 1.82) is 0 Å². The maximum atomic E-state index is 5.60. The summed E-state index contributed by atoms with van der Waals surface area (Å²) in [5.41, 5.74) is 4.71. The van der Waals surface area contributed by atoms with Crippen LogP contribution in [0.15, 0.2) is 36.4 Å². The minimum absolute atomic E-state index is 0.686. The van der Waals surface area contributed by atoms with E-state index in [0.29, 0.717) is 13.2 Å². The molecule has 0 aromatic heterocycles. The van der Waals surface area contributed by atoms with Gasteiger partial charge in [0.2, 0.25) is 0 Å². The largest absolute Gasteiger partial charge is 0.494 e. The number of hydrogen-bond acceptors (Lipinski definition) is 2. The van der Waals surface area contributed by atoms with Crippen molar-refractivity contribution in [3.8, 4) is 23.3 Å². The monoisotopic (exact) mass is 292 g/mol. The van der Waals surface area contributed by atoms with Gasteiger partial charge < -0.3 is 9.47 Å². The second-order valence-corrected chi connectivity index (χ2v) is 5.25. The highest BCUT2D eigenvalue weighted by molar-refractivity contribution is 5.54. The second-order valence-electron chi connectivity index (χ2n) is 5.25. The van der Waals surface area contributed by atoms with Gasteiger partial charge in [-0.3, -0.25) is 0 Å². The highest BCUT2D eigenvalue weighted by Gasteiger charge is 2.10. The second kappa shape index (κ2) is 6.58. The topological polar surface area (TPSA) is 18.5 Å². The molecule has 0 atom stereocenters. The molecule has 0 N–H and O–H groups in total. The lowest BCUT2D eigenvalue weighted by Crippen LogP contribution is -2.02. The molecule has 0 radical (unpaired) electrons. The van der Waals surface area contributed by atoms with Crippen LogP contribution in [-0.2, 0) is 12.8 Å². The molecule has 0 saturated heterocycles. The summed E-state index contributed by atoms with van der Waals surface area (Å²) in [6.45, 7) is 5.38. The molecule has 2 heteroatoms. The Bertz CT molecular complexity index is 674. The molecule has 0 unspecified atom stereocenters. The summed E-state index contributed by atoms with van der Waals surface area (Å²) < 4.78 is 11.2. The van der Waals surface area contributed by atoms with Crippen LogP contribution in [0.1, 0.15) is 36.1 Å². The van der Waals surface area contributed by atoms with Gasteiger partial charge in [-0.15, -0.1) is 0 Å². The van der Waals surface area contributed by atoms with E-state index in [1.165, 1.54) is 11.1 Å². The van der Waals surface area contributed by atoms with Crippen LogP contribution in [-0.4, -0.2) is 13.2 Å². The van der Waals surface area contributed by atoms with Crippen LogP contribution in [0, 0.1) is 11.8 Å². The molecular weight excluding hydrogens is 272 g/mol. The van der Waals surface area contributed by atoms with Crippen molar-refractivity contribution < 1.29 is 9.47 Å². The lowest BCUT2D eigenvalue weighted by molar-refractivity contribution is 0.339. The number of aryl methyl sites for hydroxylation is 2. The Morgan fingerprint density at radius 2 is 1.23 bits per heavy atom. The lowest BCUT2D eigenvalue weighted by Gasteiger charge is -2.13. The van der Waals surface area contributed by atoms with Gasteiger partial charge in [-0.1, -0.05) is 11.8 Å². The van der Waals surface area contributed by atoms with E-state index in [1.54, 1.807) is 0 Å². The maximum Gasteiger partial charge on any atom is 0.119 e. The van der Waals surface area contributed by atoms with Gasteiger partial charge in [0.05, 0.1) is 13.2 Å². The average Bonchev–Trinajstić information content (AvgIpc) is 2.51. The average molecular weight is 292 g/mol. The summed E-state index contributed by atoms with van der Waals surface area (Å²) in [4.78, 5) is 0. The number of ether oxygens (including phenoxy) is 2. The van der Waals surface area contributed by atoms with E-state index >= 15 is 0 Å². The van der Waals surface area contributed by atoms with Crippen molar-refractivity contribution in [2.45, 2.75) is 26.7 Å². The van der Waals surface area contributed by atoms with Crippen molar-refractivity contribution in [3.63, 3.8) is 0 Å². The molecule has 1 aliphatic carbocycles. The summed E-state index contributed by atoms with van der Waals surface area (Å²) in [6.07, 6.45) is 1.93. The smallest absolute Gasteiger partial charge is 0.119 e. The van der Waals surface area contributed by atoms with Crippen molar-refractivity contribution in [2.75, 3.05) is 13.2 Å². The molecule has 1 aliphatic rings. The van der Waals surface area contributed by atoms with Gasteiger partial charge in [0.15, 0.2) is 0 Å². The Morgan fingerprint density at radius 1 is 0.773 bits per heavy atom. The zero-order valence-corrected chi connectivity index (χ0v) is 13.1. The molecule has 2 nitrogen and oxygen atoms in total. The van der Waals surface area contributed by atoms with E-state index in [0.717, 1.165) is 35.5 Å². The zero-order valence-electron chi connectivity index (χ0n) is 13.1. The number of rotatable bonds is 4. The molecule has 0 amide bonds. The lowest BCUT2D eigenvalue weighted by atomic mass is 9.94. The number of fused-ring (bicyclic) bond motifs is 2. The van der Waals surface area contributed by atoms with Gasteiger partial charge in [0.25, 0.3) is 0 Å². The first-order chi connectivity index (χ1) is 10.8. The van der Waals surface area contributed by atoms with Crippen molar-refractivity contribution in [3.05, 3.63) is 58.7 Å². The number of hydrogen-bond donors (Lipinski definition) is 0. The fraction of sp³-hybridized carbons (Fsp3) is 0.300. The molecule has 2 aromatic rings. The highest BCUT2D eigenvalue weighted by atomic mass is 16.5. The minimum atomic E-state index is 0.686.